The normalized spacial score (nSPS) is 13.8. The summed E-state index contributed by atoms with van der Waals surface area (Å²) in [5.74, 6) is -8.11. The Balaban J connectivity index is 2.83. The number of rotatable bonds is 24. The third kappa shape index (κ3) is 15.5. The Bertz CT molecular complexity index is 1160. The van der Waals surface area contributed by atoms with Gasteiger partial charge in [0.2, 0.25) is 11.8 Å². The van der Waals surface area contributed by atoms with Gasteiger partial charge < -0.3 is 31.1 Å². The molecule has 1 aromatic rings. The number of amides is 2. The number of unbranched alkanes of at least 4 members (excludes halogenated alkanes) is 8. The number of carboxylic acids is 3. The van der Waals surface area contributed by atoms with Crippen LogP contribution in [0.4, 0.5) is 5.69 Å². The largest absolute Gasteiger partial charge is 0.481 e. The lowest BCUT2D eigenvalue weighted by Crippen LogP contribution is -2.55. The first kappa shape index (κ1) is 39.0. The van der Waals surface area contributed by atoms with Crippen LogP contribution in [0.3, 0.4) is 0 Å². The second kappa shape index (κ2) is 20.8. The summed E-state index contributed by atoms with van der Waals surface area (Å²) < 4.78 is 0. The van der Waals surface area contributed by atoms with Crippen molar-refractivity contribution in [3.63, 3.8) is 0 Å². The molecule has 0 radical (unpaired) electrons. The number of allylic oxidation sites excluding steroid dienone is 1. The molecular weight excluding hydrogens is 584 g/mol. The van der Waals surface area contributed by atoms with Crippen LogP contribution in [0, 0.1) is 5.92 Å². The maximum absolute atomic E-state index is 13.2. The number of ketones is 1. The van der Waals surface area contributed by atoms with E-state index in [0.717, 1.165) is 51.0 Å². The monoisotopic (exact) mass is 632 g/mol. The molecule has 2 amide bonds. The first-order valence-corrected chi connectivity index (χ1v) is 15.6. The average Bonchev–Trinajstić information content (AvgIpc) is 2.95. The predicted molar refractivity (Wildman–Crippen MR) is 168 cm³/mol. The molecule has 6 N–H and O–H groups in total. The highest BCUT2D eigenvalue weighted by Gasteiger charge is 2.49. The Morgan fingerprint density at radius 3 is 1.93 bits per heavy atom. The molecule has 0 aromatic heterocycles. The van der Waals surface area contributed by atoms with Gasteiger partial charge in [0, 0.05) is 31.9 Å². The molecule has 0 saturated heterocycles. The SMILES string of the molecule is CCCCCCCC(=O)CCCCCCC=C[C@H](C(=O)N[C@@H](Cc1ccc(NC(C)=O)cc1)C(=O)O)[C@@](O)(CC(=O)O)C(=O)O. The van der Waals surface area contributed by atoms with Gasteiger partial charge in [-0.15, -0.1) is 0 Å². The van der Waals surface area contributed by atoms with Gasteiger partial charge in [-0.05, 0) is 43.4 Å². The maximum Gasteiger partial charge on any atom is 0.337 e. The molecule has 0 spiro atoms. The topological polar surface area (TPSA) is 207 Å². The summed E-state index contributed by atoms with van der Waals surface area (Å²) in [6, 6.07) is 4.67. The molecule has 0 saturated carbocycles. The third-order valence-corrected chi connectivity index (χ3v) is 7.38. The van der Waals surface area contributed by atoms with E-state index in [1.54, 1.807) is 24.3 Å². The minimum atomic E-state index is -3.04. The summed E-state index contributed by atoms with van der Waals surface area (Å²) in [6.07, 6.45) is 11.1. The number of hydrogen-bond donors (Lipinski definition) is 6. The van der Waals surface area contributed by atoms with Crippen molar-refractivity contribution >= 4 is 41.2 Å². The van der Waals surface area contributed by atoms with Crippen LogP contribution in [-0.2, 0) is 35.2 Å². The molecule has 12 heteroatoms. The molecule has 12 nitrogen and oxygen atoms in total. The third-order valence-electron chi connectivity index (χ3n) is 7.38. The maximum atomic E-state index is 13.2. The highest BCUT2D eigenvalue weighted by molar-refractivity contribution is 5.94. The van der Waals surface area contributed by atoms with Crippen molar-refractivity contribution in [3.8, 4) is 0 Å². The Labute approximate surface area is 264 Å². The van der Waals surface area contributed by atoms with Crippen LogP contribution in [0.2, 0.25) is 0 Å². The first-order chi connectivity index (χ1) is 21.3. The zero-order valence-corrected chi connectivity index (χ0v) is 26.3. The van der Waals surface area contributed by atoms with E-state index in [-0.39, 0.29) is 18.1 Å². The lowest BCUT2D eigenvalue weighted by molar-refractivity contribution is -0.172. The van der Waals surface area contributed by atoms with Gasteiger partial charge in [-0.2, -0.15) is 0 Å². The first-order valence-electron chi connectivity index (χ1n) is 15.6. The Morgan fingerprint density at radius 2 is 1.42 bits per heavy atom. The van der Waals surface area contributed by atoms with Crippen molar-refractivity contribution in [2.24, 2.45) is 5.92 Å². The number of aliphatic hydroxyl groups is 1. The second-order valence-electron chi connectivity index (χ2n) is 11.3. The number of carboxylic acid groups (broad SMARTS) is 3. The lowest BCUT2D eigenvalue weighted by Gasteiger charge is -2.29. The number of carbonyl (C=O) groups is 6. The van der Waals surface area contributed by atoms with Crippen LogP contribution in [0.5, 0.6) is 0 Å². The van der Waals surface area contributed by atoms with E-state index < -0.39 is 47.8 Å². The minimum Gasteiger partial charge on any atom is -0.481 e. The average molecular weight is 633 g/mol. The molecule has 0 bridgehead atoms. The molecule has 1 aromatic carbocycles. The summed E-state index contributed by atoms with van der Waals surface area (Å²) >= 11 is 0. The van der Waals surface area contributed by atoms with Crippen LogP contribution in [0.15, 0.2) is 36.4 Å². The molecule has 1 rings (SSSR count). The lowest BCUT2D eigenvalue weighted by atomic mass is 9.82. The zero-order valence-electron chi connectivity index (χ0n) is 26.3. The van der Waals surface area contributed by atoms with Crippen LogP contribution < -0.4 is 10.6 Å². The number of Topliss-reactive ketones (excluding diaryl/α,β-unsaturated/α-hetero) is 1. The van der Waals surface area contributed by atoms with Crippen LogP contribution in [0.25, 0.3) is 0 Å². The summed E-state index contributed by atoms with van der Waals surface area (Å²) in [5.41, 5.74) is -2.07. The minimum absolute atomic E-state index is 0.205. The zero-order chi connectivity index (χ0) is 33.8. The molecule has 250 valence electrons. The fourth-order valence-corrected chi connectivity index (χ4v) is 4.86. The van der Waals surface area contributed by atoms with Gasteiger partial charge in [-0.3, -0.25) is 19.2 Å². The molecule has 3 atom stereocenters. The van der Waals surface area contributed by atoms with Gasteiger partial charge in [-0.1, -0.05) is 69.7 Å². The number of nitrogens with one attached hydrogen (secondary N) is 2. The van der Waals surface area contributed by atoms with Gasteiger partial charge in [0.05, 0.1) is 12.3 Å². The quantitative estimate of drug-likeness (QED) is 0.0695. The summed E-state index contributed by atoms with van der Waals surface area (Å²) in [4.78, 5) is 71.9. The summed E-state index contributed by atoms with van der Waals surface area (Å²) in [5, 5.41) is 44.4. The fourth-order valence-electron chi connectivity index (χ4n) is 4.86. The van der Waals surface area contributed by atoms with Gasteiger partial charge in [0.25, 0.3) is 0 Å². The van der Waals surface area contributed by atoms with E-state index in [1.807, 2.05) is 0 Å². The van der Waals surface area contributed by atoms with Gasteiger partial charge in [-0.25, -0.2) is 9.59 Å². The second-order valence-corrected chi connectivity index (χ2v) is 11.3. The number of carbonyl (C=O) groups excluding carboxylic acids is 3. The molecule has 0 unspecified atom stereocenters. The molecule has 0 aliphatic heterocycles. The van der Waals surface area contributed by atoms with Crippen LogP contribution in [0.1, 0.15) is 103 Å². The highest BCUT2D eigenvalue weighted by atomic mass is 16.4. The molecule has 0 fully saturated rings. The molecule has 0 aliphatic rings. The summed E-state index contributed by atoms with van der Waals surface area (Å²) in [6.45, 7) is 3.48. The molecule has 0 aliphatic carbocycles. The van der Waals surface area contributed by atoms with Crippen LogP contribution >= 0.6 is 0 Å². The number of hydrogen-bond acceptors (Lipinski definition) is 7. The Kier molecular flexibility index (Phi) is 18.0. The van der Waals surface area contributed by atoms with Crippen molar-refractivity contribution < 1.29 is 49.2 Å². The Morgan fingerprint density at radius 1 is 0.844 bits per heavy atom. The van der Waals surface area contributed by atoms with Crippen molar-refractivity contribution in [2.45, 2.75) is 115 Å². The van der Waals surface area contributed by atoms with E-state index >= 15 is 0 Å². The van der Waals surface area contributed by atoms with Gasteiger partial charge >= 0.3 is 17.9 Å². The standard InChI is InChI=1S/C33H48N2O10/c1-3-4-5-8-11-14-26(37)15-12-9-6-7-10-13-16-27(33(45,32(43)44)22-29(38)39)30(40)35-28(31(41)42)21-24-17-19-25(20-18-24)34-23(2)36/h13,16-20,27-28,45H,3-12,14-15,21-22H2,1-2H3,(H,34,36)(H,35,40)(H,38,39)(H,41,42)(H,43,44)/t27-,28+,33+/m1/s1. The van der Waals surface area contributed by atoms with Crippen molar-refractivity contribution in [2.75, 3.05) is 5.32 Å². The Hall–Kier alpha value is -4.06. The molecule has 45 heavy (non-hydrogen) atoms. The van der Waals surface area contributed by atoms with Crippen LogP contribution in [-0.4, -0.2) is 67.6 Å². The molecule has 0 heterocycles. The highest BCUT2D eigenvalue weighted by Crippen LogP contribution is 2.26. The fraction of sp³-hybridized carbons (Fsp3) is 0.576. The number of anilines is 1. The van der Waals surface area contributed by atoms with Crippen molar-refractivity contribution in [1.82, 2.24) is 5.32 Å². The predicted octanol–water partition coefficient (Wildman–Crippen LogP) is 4.49. The smallest absolute Gasteiger partial charge is 0.337 e. The van der Waals surface area contributed by atoms with E-state index in [9.17, 15) is 49.2 Å². The van der Waals surface area contributed by atoms with Crippen molar-refractivity contribution in [3.05, 3.63) is 42.0 Å². The number of aliphatic carboxylic acids is 3. The van der Waals surface area contributed by atoms with E-state index in [1.165, 1.54) is 19.4 Å². The van der Waals surface area contributed by atoms with E-state index in [2.05, 4.69) is 17.6 Å². The summed E-state index contributed by atoms with van der Waals surface area (Å²) in [7, 11) is 0. The van der Waals surface area contributed by atoms with E-state index in [0.29, 0.717) is 36.9 Å². The molecular formula is C33H48N2O10. The van der Waals surface area contributed by atoms with Gasteiger partial charge in [0.1, 0.15) is 11.8 Å². The van der Waals surface area contributed by atoms with E-state index in [4.69, 9.17) is 0 Å². The van der Waals surface area contributed by atoms with Gasteiger partial charge in [0.15, 0.2) is 5.60 Å². The van der Waals surface area contributed by atoms with Crippen molar-refractivity contribution in [1.29, 1.82) is 0 Å². The number of benzene rings is 1.